The zero-order valence-corrected chi connectivity index (χ0v) is 19.5. The summed E-state index contributed by atoms with van der Waals surface area (Å²) in [4.78, 5) is 12.7. The normalized spacial score (nSPS) is 11.5. The second-order valence-electron chi connectivity index (χ2n) is 8.00. The van der Waals surface area contributed by atoms with Crippen LogP contribution in [0.5, 0.6) is 17.2 Å². The van der Waals surface area contributed by atoms with Crippen LogP contribution in [0.4, 0.5) is 5.69 Å². The molecule has 168 valence electrons. The van der Waals surface area contributed by atoms with Crippen molar-refractivity contribution < 1.29 is 18.7 Å². The Morgan fingerprint density at radius 3 is 2.27 bits per heavy atom. The van der Waals surface area contributed by atoms with Gasteiger partial charge in [-0.25, -0.2) is 0 Å². The van der Waals surface area contributed by atoms with Crippen LogP contribution in [0, 0.1) is 20.8 Å². The predicted octanol–water partition coefficient (Wildman–Crippen LogP) is 7.20. The number of furan rings is 1. The van der Waals surface area contributed by atoms with E-state index in [1.165, 1.54) is 0 Å². The van der Waals surface area contributed by atoms with Gasteiger partial charge in [-0.05, 0) is 81.3 Å². The highest BCUT2D eigenvalue weighted by Crippen LogP contribution is 2.38. The van der Waals surface area contributed by atoms with Crippen LogP contribution in [-0.2, 0) is 4.79 Å². The molecule has 0 radical (unpaired) electrons. The van der Waals surface area contributed by atoms with E-state index >= 15 is 0 Å². The number of amides is 1. The Bertz CT molecular complexity index is 1330. The molecule has 0 unspecified atom stereocenters. The lowest BCUT2D eigenvalue weighted by molar-refractivity contribution is -0.111. The molecule has 0 bridgehead atoms. The Morgan fingerprint density at radius 2 is 1.61 bits per heavy atom. The monoisotopic (exact) mass is 441 g/mol. The van der Waals surface area contributed by atoms with E-state index in [2.05, 4.69) is 5.32 Å². The Balaban J connectivity index is 1.54. The molecule has 0 fully saturated rings. The van der Waals surface area contributed by atoms with Crippen molar-refractivity contribution in [2.24, 2.45) is 0 Å². The lowest BCUT2D eigenvalue weighted by atomic mass is 9.98. The Hall–Kier alpha value is -3.99. The molecule has 1 heterocycles. The molecule has 4 aromatic rings. The second-order valence-corrected chi connectivity index (χ2v) is 8.00. The van der Waals surface area contributed by atoms with Gasteiger partial charge in [-0.3, -0.25) is 4.79 Å². The Kier molecular flexibility index (Phi) is 6.22. The van der Waals surface area contributed by atoms with Crippen molar-refractivity contribution in [3.8, 4) is 17.2 Å². The number of carbonyl (C=O) groups excluding carboxylic acids is 1. The molecule has 0 saturated carbocycles. The third-order valence-corrected chi connectivity index (χ3v) is 5.72. The first kappa shape index (κ1) is 22.2. The van der Waals surface area contributed by atoms with E-state index in [0.717, 1.165) is 44.7 Å². The zero-order valence-electron chi connectivity index (χ0n) is 19.5. The van der Waals surface area contributed by atoms with Gasteiger partial charge in [0.2, 0.25) is 5.91 Å². The van der Waals surface area contributed by atoms with Crippen molar-refractivity contribution in [2.45, 2.75) is 27.7 Å². The highest BCUT2D eigenvalue weighted by Gasteiger charge is 2.18. The highest BCUT2D eigenvalue weighted by atomic mass is 16.5. The fourth-order valence-electron chi connectivity index (χ4n) is 3.85. The van der Waals surface area contributed by atoms with E-state index in [9.17, 15) is 4.79 Å². The predicted molar refractivity (Wildman–Crippen MR) is 132 cm³/mol. The number of ether oxygens (including phenoxy) is 2. The summed E-state index contributed by atoms with van der Waals surface area (Å²) in [6, 6.07) is 18.9. The van der Waals surface area contributed by atoms with E-state index < -0.39 is 0 Å². The van der Waals surface area contributed by atoms with Crippen LogP contribution in [-0.4, -0.2) is 13.0 Å². The minimum absolute atomic E-state index is 0.218. The first-order chi connectivity index (χ1) is 15.9. The molecule has 5 nitrogen and oxygen atoms in total. The van der Waals surface area contributed by atoms with Gasteiger partial charge in [0, 0.05) is 28.3 Å². The average molecular weight is 442 g/mol. The zero-order chi connectivity index (χ0) is 23.5. The maximum Gasteiger partial charge on any atom is 0.248 e. The molecular formula is C28H27NO4. The van der Waals surface area contributed by atoms with Gasteiger partial charge in [0.15, 0.2) is 0 Å². The number of carbonyl (C=O) groups is 1. The lowest BCUT2D eigenvalue weighted by Crippen LogP contribution is -2.08. The minimum atomic E-state index is -0.218. The van der Waals surface area contributed by atoms with E-state index in [-0.39, 0.29) is 5.91 Å². The second kappa shape index (κ2) is 9.25. The molecule has 0 aliphatic carbocycles. The average Bonchev–Trinajstić information content (AvgIpc) is 3.10. The van der Waals surface area contributed by atoms with E-state index in [1.807, 2.05) is 88.4 Å². The number of para-hydroxylation sites is 1. The van der Waals surface area contributed by atoms with Crippen LogP contribution in [0.3, 0.4) is 0 Å². The largest absolute Gasteiger partial charge is 0.496 e. The molecule has 33 heavy (non-hydrogen) atoms. The molecule has 5 heteroatoms. The molecule has 1 amide bonds. The van der Waals surface area contributed by atoms with Gasteiger partial charge in [-0.2, -0.15) is 0 Å². The van der Waals surface area contributed by atoms with Crippen molar-refractivity contribution in [2.75, 3.05) is 12.4 Å². The van der Waals surface area contributed by atoms with Crippen molar-refractivity contribution in [1.29, 1.82) is 0 Å². The number of rotatable bonds is 6. The van der Waals surface area contributed by atoms with Crippen LogP contribution in [0.25, 0.3) is 16.5 Å². The lowest BCUT2D eigenvalue weighted by Gasteiger charge is -2.13. The summed E-state index contributed by atoms with van der Waals surface area (Å²) < 4.78 is 17.4. The number of nitrogens with one attached hydrogen (secondary N) is 1. The summed E-state index contributed by atoms with van der Waals surface area (Å²) >= 11 is 0. The first-order valence-electron chi connectivity index (χ1n) is 10.8. The number of benzene rings is 3. The summed E-state index contributed by atoms with van der Waals surface area (Å²) in [5, 5.41) is 3.94. The van der Waals surface area contributed by atoms with E-state index in [1.54, 1.807) is 13.2 Å². The molecule has 0 atom stereocenters. The van der Waals surface area contributed by atoms with Crippen LogP contribution in [0.15, 0.2) is 71.2 Å². The van der Waals surface area contributed by atoms with Crippen LogP contribution in [0.2, 0.25) is 0 Å². The number of anilines is 1. The van der Waals surface area contributed by atoms with Gasteiger partial charge in [0.1, 0.15) is 28.6 Å². The third-order valence-electron chi connectivity index (χ3n) is 5.72. The number of allylic oxidation sites excluding steroid dienone is 1. The smallest absolute Gasteiger partial charge is 0.248 e. The molecule has 0 aliphatic heterocycles. The number of hydrogen-bond donors (Lipinski definition) is 1. The molecule has 1 N–H and O–H groups in total. The summed E-state index contributed by atoms with van der Waals surface area (Å²) in [5.41, 5.74) is 5.19. The maximum atomic E-state index is 12.7. The van der Waals surface area contributed by atoms with Crippen molar-refractivity contribution in [1.82, 2.24) is 0 Å². The van der Waals surface area contributed by atoms with E-state index in [0.29, 0.717) is 17.2 Å². The van der Waals surface area contributed by atoms with Gasteiger partial charge in [0.05, 0.1) is 7.11 Å². The molecule has 1 aromatic heterocycles. The van der Waals surface area contributed by atoms with Gasteiger partial charge in [0.25, 0.3) is 0 Å². The van der Waals surface area contributed by atoms with Gasteiger partial charge < -0.3 is 19.2 Å². The molecule has 0 aliphatic rings. The molecule has 4 rings (SSSR count). The molecule has 0 spiro atoms. The summed E-state index contributed by atoms with van der Waals surface area (Å²) in [6.45, 7) is 7.86. The van der Waals surface area contributed by atoms with Crippen LogP contribution >= 0.6 is 0 Å². The van der Waals surface area contributed by atoms with Crippen molar-refractivity contribution in [3.05, 3.63) is 89.2 Å². The highest BCUT2D eigenvalue weighted by molar-refractivity contribution is 6.05. The van der Waals surface area contributed by atoms with Gasteiger partial charge >= 0.3 is 0 Å². The molecular weight excluding hydrogens is 414 g/mol. The fraction of sp³-hybridized carbons (Fsp3) is 0.179. The standard InChI is InChI=1S/C28H27NO4/c1-17(24-16-25-18(2)20(4)32-28(25)19(3)27(24)31-5)15-26(30)29-21-11-13-23(14-12-21)33-22-9-7-6-8-10-22/h6-16H,1-5H3,(H,29,30)/b17-15+. The molecule has 0 saturated heterocycles. The third kappa shape index (κ3) is 4.62. The number of aryl methyl sites for hydroxylation is 3. The number of fused-ring (bicyclic) bond motifs is 1. The summed E-state index contributed by atoms with van der Waals surface area (Å²) in [5.74, 6) is 2.83. The summed E-state index contributed by atoms with van der Waals surface area (Å²) in [7, 11) is 1.63. The number of hydrogen-bond acceptors (Lipinski definition) is 4. The van der Waals surface area contributed by atoms with Crippen LogP contribution < -0.4 is 14.8 Å². The quantitative estimate of drug-likeness (QED) is 0.321. The maximum absolute atomic E-state index is 12.7. The SMILES string of the molecule is COc1c(/C(C)=C/C(=O)Nc2ccc(Oc3ccccc3)cc2)cc2c(C)c(C)oc2c1C. The Morgan fingerprint density at radius 1 is 0.939 bits per heavy atom. The van der Waals surface area contributed by atoms with E-state index in [4.69, 9.17) is 13.9 Å². The first-order valence-corrected chi connectivity index (χ1v) is 10.8. The Labute approximate surface area is 193 Å². The van der Waals surface area contributed by atoms with Gasteiger partial charge in [-0.15, -0.1) is 0 Å². The van der Waals surface area contributed by atoms with Crippen LogP contribution in [0.1, 0.15) is 29.4 Å². The van der Waals surface area contributed by atoms with Gasteiger partial charge in [-0.1, -0.05) is 18.2 Å². The van der Waals surface area contributed by atoms with Crippen molar-refractivity contribution >= 4 is 28.1 Å². The fourth-order valence-corrected chi connectivity index (χ4v) is 3.85. The minimum Gasteiger partial charge on any atom is -0.496 e. The number of methoxy groups -OCH3 is 1. The topological polar surface area (TPSA) is 60.7 Å². The molecule has 3 aromatic carbocycles. The summed E-state index contributed by atoms with van der Waals surface area (Å²) in [6.07, 6.45) is 1.58. The van der Waals surface area contributed by atoms with Crippen molar-refractivity contribution in [3.63, 3.8) is 0 Å².